The summed E-state index contributed by atoms with van der Waals surface area (Å²) >= 11 is 2.00. The molecule has 5 aliphatic rings. The average molecular weight is 572 g/mol. The summed E-state index contributed by atoms with van der Waals surface area (Å²) in [6.07, 6.45) is 10.5. The van der Waals surface area contributed by atoms with Gasteiger partial charge in [-0.15, -0.1) is 11.8 Å². The van der Waals surface area contributed by atoms with Gasteiger partial charge in [-0.05, 0) is 102 Å². The fourth-order valence-corrected chi connectivity index (χ4v) is 12.7. The van der Waals surface area contributed by atoms with E-state index < -0.39 is 5.41 Å². The standard InChI is InChI=1S/C37H49NO2S/c1-32(2)15-17-37(23-41-25-11-9-8-10-12-25)18-16-36(7)30(26(37)21-32)27(39)19-29-34(5)20-24(22-38)31(40)33(3,4)28(34)13-14-35(29,36)6/h8-12,20,26,28-30H,13-19,21,23H2,1-7H3/t26-,28+,29-,30+,34+,35-,36-,37-/m1/s1. The Bertz CT molecular complexity index is 1340. The number of nitriles is 1. The average Bonchev–Trinajstić information content (AvgIpc) is 2.92. The van der Waals surface area contributed by atoms with Crippen molar-refractivity contribution in [3.63, 3.8) is 0 Å². The number of nitrogens with zero attached hydrogens (tertiary/aromatic N) is 1. The summed E-state index contributed by atoms with van der Waals surface area (Å²) < 4.78 is 0. The number of benzene rings is 1. The van der Waals surface area contributed by atoms with Crippen LogP contribution in [0.25, 0.3) is 0 Å². The van der Waals surface area contributed by atoms with Gasteiger partial charge in [0.05, 0.1) is 5.57 Å². The van der Waals surface area contributed by atoms with Gasteiger partial charge in [-0.25, -0.2) is 0 Å². The van der Waals surface area contributed by atoms with Crippen molar-refractivity contribution in [1.29, 1.82) is 5.26 Å². The molecule has 0 aromatic heterocycles. The maximum atomic E-state index is 14.7. The van der Waals surface area contributed by atoms with E-state index in [-0.39, 0.29) is 50.6 Å². The Hall–Kier alpha value is -1.86. The number of hydrogen-bond acceptors (Lipinski definition) is 4. The summed E-state index contributed by atoms with van der Waals surface area (Å²) in [5, 5.41) is 9.98. The molecule has 0 N–H and O–H groups in total. The second-order valence-electron chi connectivity index (χ2n) is 16.7. The quantitative estimate of drug-likeness (QED) is 0.340. The van der Waals surface area contributed by atoms with E-state index in [2.05, 4.69) is 71.0 Å². The van der Waals surface area contributed by atoms with E-state index in [0.29, 0.717) is 23.7 Å². The summed E-state index contributed by atoms with van der Waals surface area (Å²) in [4.78, 5) is 29.4. The molecule has 0 heterocycles. The highest BCUT2D eigenvalue weighted by Crippen LogP contribution is 2.76. The molecule has 41 heavy (non-hydrogen) atoms. The third-order valence-corrected chi connectivity index (χ3v) is 15.2. The normalized spacial score (nSPS) is 44.4. The molecule has 220 valence electrons. The van der Waals surface area contributed by atoms with E-state index in [9.17, 15) is 14.9 Å². The van der Waals surface area contributed by atoms with Gasteiger partial charge in [0.25, 0.3) is 0 Å². The number of thioether (sulfide) groups is 1. The number of hydrogen-bond donors (Lipinski definition) is 0. The van der Waals surface area contributed by atoms with Crippen LogP contribution in [-0.4, -0.2) is 17.3 Å². The Labute approximate surface area is 252 Å². The highest BCUT2D eigenvalue weighted by atomic mass is 32.2. The third-order valence-electron chi connectivity index (χ3n) is 13.9. The molecule has 3 nitrogen and oxygen atoms in total. The highest BCUT2D eigenvalue weighted by molar-refractivity contribution is 7.99. The van der Waals surface area contributed by atoms with Crippen molar-refractivity contribution in [3.8, 4) is 6.07 Å². The highest BCUT2D eigenvalue weighted by Gasteiger charge is 2.72. The van der Waals surface area contributed by atoms with Gasteiger partial charge >= 0.3 is 0 Å². The van der Waals surface area contributed by atoms with Gasteiger partial charge in [0.1, 0.15) is 11.9 Å². The van der Waals surface area contributed by atoms with Crippen LogP contribution in [0, 0.1) is 67.5 Å². The van der Waals surface area contributed by atoms with E-state index in [1.807, 2.05) is 31.7 Å². The molecule has 0 aliphatic heterocycles. The van der Waals surface area contributed by atoms with Crippen molar-refractivity contribution < 1.29 is 9.59 Å². The molecule has 1 aromatic carbocycles. The Morgan fingerprint density at radius 3 is 2.24 bits per heavy atom. The molecule has 4 fully saturated rings. The van der Waals surface area contributed by atoms with Gasteiger partial charge in [0.2, 0.25) is 0 Å². The molecule has 4 heteroatoms. The van der Waals surface area contributed by atoms with Crippen LogP contribution >= 0.6 is 11.8 Å². The predicted molar refractivity (Wildman–Crippen MR) is 166 cm³/mol. The van der Waals surface area contributed by atoms with Gasteiger partial charge in [-0.1, -0.05) is 72.7 Å². The Kier molecular flexibility index (Phi) is 6.64. The largest absolute Gasteiger partial charge is 0.299 e. The molecule has 0 amide bonds. The van der Waals surface area contributed by atoms with Crippen LogP contribution in [-0.2, 0) is 9.59 Å². The minimum absolute atomic E-state index is 0.00924. The zero-order valence-electron chi connectivity index (χ0n) is 26.3. The number of fused-ring (bicyclic) bond motifs is 7. The van der Waals surface area contributed by atoms with E-state index >= 15 is 0 Å². The Balaban J connectivity index is 1.41. The molecule has 4 saturated carbocycles. The van der Waals surface area contributed by atoms with Crippen molar-refractivity contribution >= 4 is 23.3 Å². The second-order valence-corrected chi connectivity index (χ2v) is 17.7. The summed E-state index contributed by atoms with van der Waals surface area (Å²) in [5.74, 6) is 2.36. The zero-order valence-corrected chi connectivity index (χ0v) is 27.1. The van der Waals surface area contributed by atoms with Crippen LogP contribution in [0.3, 0.4) is 0 Å². The lowest BCUT2D eigenvalue weighted by atomic mass is 9.31. The Morgan fingerprint density at radius 2 is 1.56 bits per heavy atom. The molecule has 6 rings (SSSR count). The van der Waals surface area contributed by atoms with Gasteiger partial charge in [0.15, 0.2) is 5.78 Å². The second kappa shape index (κ2) is 9.32. The predicted octanol–water partition coefficient (Wildman–Crippen LogP) is 9.08. The monoisotopic (exact) mass is 571 g/mol. The number of allylic oxidation sites excluding steroid dienone is 2. The molecule has 0 radical (unpaired) electrons. The smallest absolute Gasteiger partial charge is 0.178 e. The van der Waals surface area contributed by atoms with Crippen LogP contribution in [0.1, 0.15) is 99.8 Å². The lowest BCUT2D eigenvalue weighted by Crippen LogP contribution is -2.68. The van der Waals surface area contributed by atoms with E-state index in [0.717, 1.165) is 31.4 Å². The van der Waals surface area contributed by atoms with Crippen molar-refractivity contribution in [2.24, 2.45) is 56.2 Å². The van der Waals surface area contributed by atoms with Crippen molar-refractivity contribution in [1.82, 2.24) is 0 Å². The number of ketones is 2. The topological polar surface area (TPSA) is 57.9 Å². The molecule has 5 aliphatic carbocycles. The van der Waals surface area contributed by atoms with E-state index in [4.69, 9.17) is 0 Å². The molecule has 0 unspecified atom stereocenters. The first-order chi connectivity index (χ1) is 19.1. The minimum atomic E-state index is -0.583. The van der Waals surface area contributed by atoms with Crippen molar-refractivity contribution in [3.05, 3.63) is 42.0 Å². The van der Waals surface area contributed by atoms with Crippen LogP contribution in [0.15, 0.2) is 46.9 Å². The van der Waals surface area contributed by atoms with Crippen LogP contribution in [0.4, 0.5) is 0 Å². The molecular weight excluding hydrogens is 522 g/mol. The number of carbonyl (C=O) groups is 2. The first-order valence-electron chi connectivity index (χ1n) is 16.0. The molecule has 0 saturated heterocycles. The number of carbonyl (C=O) groups excluding carboxylic acids is 2. The van der Waals surface area contributed by atoms with Gasteiger partial charge < -0.3 is 0 Å². The summed E-state index contributed by atoms with van der Waals surface area (Å²) in [7, 11) is 0. The molecule has 0 spiro atoms. The fourth-order valence-electron chi connectivity index (χ4n) is 11.4. The summed E-state index contributed by atoms with van der Waals surface area (Å²) in [6, 6.07) is 13.1. The maximum absolute atomic E-state index is 14.7. The zero-order chi connectivity index (χ0) is 29.6. The van der Waals surface area contributed by atoms with Gasteiger partial charge in [-0.3, -0.25) is 9.59 Å². The van der Waals surface area contributed by atoms with Crippen LogP contribution in [0.5, 0.6) is 0 Å². The minimum Gasteiger partial charge on any atom is -0.299 e. The number of rotatable bonds is 3. The molecular formula is C37H49NO2S. The third kappa shape index (κ3) is 4.03. The first-order valence-corrected chi connectivity index (χ1v) is 17.0. The first kappa shape index (κ1) is 29.2. The lowest BCUT2D eigenvalue weighted by molar-refractivity contribution is -0.220. The van der Waals surface area contributed by atoms with Gasteiger partial charge in [0, 0.05) is 28.4 Å². The van der Waals surface area contributed by atoms with Crippen molar-refractivity contribution in [2.75, 3.05) is 5.75 Å². The lowest BCUT2D eigenvalue weighted by Gasteiger charge is -2.72. The summed E-state index contributed by atoms with van der Waals surface area (Å²) in [6.45, 7) is 16.2. The maximum Gasteiger partial charge on any atom is 0.178 e. The van der Waals surface area contributed by atoms with E-state index in [1.165, 1.54) is 24.2 Å². The fraction of sp³-hybridized carbons (Fsp3) is 0.703. The molecule has 8 atom stereocenters. The SMILES string of the molecule is CC1(C)CC[C@]2(CSc3ccccc3)CC[C@]3(C)[C@H](C(=O)C[C@@H]4[C@@]5(C)C=C(C#N)C(=O)C(C)(C)[C@@H]5CC[C@]43C)[C@H]2C1. The molecule has 1 aromatic rings. The van der Waals surface area contributed by atoms with Crippen molar-refractivity contribution in [2.45, 2.75) is 105 Å². The van der Waals surface area contributed by atoms with Crippen LogP contribution < -0.4 is 0 Å². The molecule has 0 bridgehead atoms. The van der Waals surface area contributed by atoms with Crippen LogP contribution in [0.2, 0.25) is 0 Å². The number of Topliss-reactive ketones (excluding diaryl/α,β-unsaturated/α-hetero) is 2. The Morgan fingerprint density at radius 1 is 0.878 bits per heavy atom. The van der Waals surface area contributed by atoms with E-state index in [1.54, 1.807) is 0 Å². The van der Waals surface area contributed by atoms with Gasteiger partial charge in [-0.2, -0.15) is 5.26 Å². The summed E-state index contributed by atoms with van der Waals surface area (Å²) in [5.41, 5.74) is -0.232.